The van der Waals surface area contributed by atoms with Gasteiger partial charge in [-0.15, -0.1) is 0 Å². The van der Waals surface area contributed by atoms with Crippen LogP contribution in [-0.4, -0.2) is 10.1 Å². The van der Waals surface area contributed by atoms with Crippen LogP contribution in [0, 0.1) is 20.8 Å². The maximum Gasteiger partial charge on any atom is 0.259 e. The van der Waals surface area contributed by atoms with Gasteiger partial charge >= 0.3 is 0 Å². The van der Waals surface area contributed by atoms with Crippen molar-refractivity contribution in [3.05, 3.63) is 62.9 Å². The molecule has 3 aromatic rings. The molecule has 0 aliphatic carbocycles. The molecule has 24 heavy (non-hydrogen) atoms. The first kappa shape index (κ1) is 16.8. The minimum Gasteiger partial charge on any atom is -0.485 e. The van der Waals surface area contributed by atoms with Crippen molar-refractivity contribution in [1.82, 2.24) is 10.1 Å². The Morgan fingerprint density at radius 3 is 2.62 bits per heavy atom. The molecule has 0 spiro atoms. The summed E-state index contributed by atoms with van der Waals surface area (Å²) in [6.07, 6.45) is 0. The molecule has 1 heterocycles. The second-order valence-corrected chi connectivity index (χ2v) is 6.48. The average Bonchev–Trinajstić information content (AvgIpc) is 2.98. The van der Waals surface area contributed by atoms with E-state index in [-0.39, 0.29) is 6.61 Å². The Labute approximate surface area is 150 Å². The van der Waals surface area contributed by atoms with Crippen LogP contribution in [-0.2, 0) is 6.61 Å². The highest BCUT2D eigenvalue weighted by Gasteiger charge is 2.13. The molecule has 0 radical (unpaired) electrons. The molecule has 0 aliphatic rings. The molecule has 0 amide bonds. The Balaban J connectivity index is 1.77. The summed E-state index contributed by atoms with van der Waals surface area (Å²) < 4.78 is 11.1. The van der Waals surface area contributed by atoms with E-state index < -0.39 is 0 Å². The second kappa shape index (κ2) is 6.83. The summed E-state index contributed by atoms with van der Waals surface area (Å²) in [5.41, 5.74) is 4.08. The van der Waals surface area contributed by atoms with Gasteiger partial charge in [-0.05, 0) is 61.7 Å². The third-order valence-electron chi connectivity index (χ3n) is 3.75. The number of hydrogen-bond donors (Lipinski definition) is 0. The van der Waals surface area contributed by atoms with Gasteiger partial charge in [-0.25, -0.2) is 0 Å². The van der Waals surface area contributed by atoms with Crippen molar-refractivity contribution in [3.63, 3.8) is 0 Å². The van der Waals surface area contributed by atoms with E-state index in [2.05, 4.69) is 23.1 Å². The van der Waals surface area contributed by atoms with Crippen LogP contribution in [0.15, 0.2) is 34.9 Å². The molecular formula is C18H16Cl2N2O2. The highest BCUT2D eigenvalue weighted by Crippen LogP contribution is 2.29. The van der Waals surface area contributed by atoms with Crippen molar-refractivity contribution >= 4 is 23.2 Å². The van der Waals surface area contributed by atoms with Crippen LogP contribution in [0.2, 0.25) is 10.0 Å². The molecule has 3 rings (SSSR count). The summed E-state index contributed by atoms with van der Waals surface area (Å²) in [5, 5.41) is 4.96. The second-order valence-electron chi connectivity index (χ2n) is 5.63. The Morgan fingerprint density at radius 1 is 1.08 bits per heavy atom. The minimum atomic E-state index is 0.221. The molecule has 1 aromatic heterocycles. The maximum absolute atomic E-state index is 6.16. The van der Waals surface area contributed by atoms with Crippen LogP contribution >= 0.6 is 23.2 Å². The van der Waals surface area contributed by atoms with Crippen LogP contribution in [0.1, 0.15) is 22.5 Å². The Hall–Kier alpha value is -2.04. The highest BCUT2D eigenvalue weighted by atomic mass is 35.5. The van der Waals surface area contributed by atoms with Gasteiger partial charge in [0, 0.05) is 5.02 Å². The first-order valence-electron chi connectivity index (χ1n) is 7.42. The molecule has 0 fully saturated rings. The van der Waals surface area contributed by atoms with E-state index in [9.17, 15) is 0 Å². The van der Waals surface area contributed by atoms with Crippen molar-refractivity contribution in [2.24, 2.45) is 0 Å². The van der Waals surface area contributed by atoms with Gasteiger partial charge in [-0.1, -0.05) is 34.4 Å². The lowest BCUT2D eigenvalue weighted by atomic mass is 10.1. The van der Waals surface area contributed by atoms with Gasteiger partial charge < -0.3 is 9.26 Å². The number of hydrogen-bond acceptors (Lipinski definition) is 4. The SMILES string of the molecule is Cc1cc(C)c(C)c(OCc2noc(-c3ccc(Cl)cc3Cl)n2)c1. The first-order chi connectivity index (χ1) is 11.4. The van der Waals surface area contributed by atoms with Crippen molar-refractivity contribution in [2.45, 2.75) is 27.4 Å². The minimum absolute atomic E-state index is 0.221. The highest BCUT2D eigenvalue weighted by molar-refractivity contribution is 6.36. The number of aryl methyl sites for hydroxylation is 2. The number of halogens is 2. The Morgan fingerprint density at radius 2 is 1.88 bits per heavy atom. The summed E-state index contributed by atoms with van der Waals surface area (Å²) >= 11 is 12.1. The van der Waals surface area contributed by atoms with Gasteiger partial charge in [0.1, 0.15) is 5.75 Å². The summed E-state index contributed by atoms with van der Waals surface area (Å²) in [6, 6.07) is 9.23. The lowest BCUT2D eigenvalue weighted by Gasteiger charge is -2.10. The monoisotopic (exact) mass is 362 g/mol. The third-order valence-corrected chi connectivity index (χ3v) is 4.30. The van der Waals surface area contributed by atoms with Crippen molar-refractivity contribution in [3.8, 4) is 17.2 Å². The summed E-state index contributed by atoms with van der Waals surface area (Å²) in [7, 11) is 0. The summed E-state index contributed by atoms with van der Waals surface area (Å²) in [6.45, 7) is 6.34. The van der Waals surface area contributed by atoms with E-state index >= 15 is 0 Å². The van der Waals surface area contributed by atoms with Gasteiger partial charge in [-0.3, -0.25) is 0 Å². The van der Waals surface area contributed by atoms with Gasteiger partial charge in [0.15, 0.2) is 6.61 Å². The van der Waals surface area contributed by atoms with Crippen LogP contribution in [0.4, 0.5) is 0 Å². The van der Waals surface area contributed by atoms with Gasteiger partial charge in [0.05, 0.1) is 10.6 Å². The standard InChI is InChI=1S/C18H16Cl2N2O2/c1-10-6-11(2)12(3)16(7-10)23-9-17-21-18(24-22-17)14-5-4-13(19)8-15(14)20/h4-8H,9H2,1-3H3. The van der Waals surface area contributed by atoms with Crippen LogP contribution in [0.25, 0.3) is 11.5 Å². The van der Waals surface area contributed by atoms with Crippen LogP contribution in [0.5, 0.6) is 5.75 Å². The van der Waals surface area contributed by atoms with E-state index in [0.29, 0.717) is 27.3 Å². The fourth-order valence-electron chi connectivity index (χ4n) is 2.38. The summed E-state index contributed by atoms with van der Waals surface area (Å²) in [4.78, 5) is 4.33. The maximum atomic E-state index is 6.16. The van der Waals surface area contributed by atoms with Crippen LogP contribution < -0.4 is 4.74 Å². The molecule has 0 N–H and O–H groups in total. The molecule has 124 valence electrons. The molecule has 4 nitrogen and oxygen atoms in total. The largest absolute Gasteiger partial charge is 0.485 e. The zero-order valence-corrected chi connectivity index (χ0v) is 15.1. The lowest BCUT2D eigenvalue weighted by Crippen LogP contribution is -2.00. The molecule has 0 atom stereocenters. The quantitative estimate of drug-likeness (QED) is 0.610. The molecule has 0 unspecified atom stereocenters. The fourth-order valence-corrected chi connectivity index (χ4v) is 2.87. The molecule has 2 aromatic carbocycles. The normalized spacial score (nSPS) is 10.9. The van der Waals surface area contributed by atoms with Crippen LogP contribution in [0.3, 0.4) is 0 Å². The zero-order chi connectivity index (χ0) is 17.3. The van der Waals surface area contributed by atoms with Crippen molar-refractivity contribution in [2.75, 3.05) is 0 Å². The zero-order valence-electron chi connectivity index (χ0n) is 13.6. The van der Waals surface area contributed by atoms with E-state index in [0.717, 1.165) is 16.9 Å². The lowest BCUT2D eigenvalue weighted by molar-refractivity contribution is 0.285. The molecule has 0 saturated carbocycles. The van der Waals surface area contributed by atoms with Gasteiger partial charge in [-0.2, -0.15) is 4.98 Å². The summed E-state index contributed by atoms with van der Waals surface area (Å²) in [5.74, 6) is 1.62. The molecule has 0 saturated heterocycles. The fraction of sp³-hybridized carbons (Fsp3) is 0.222. The average molecular weight is 363 g/mol. The molecular weight excluding hydrogens is 347 g/mol. The number of ether oxygens (including phenoxy) is 1. The molecule has 0 bridgehead atoms. The number of benzene rings is 2. The Bertz CT molecular complexity index is 891. The smallest absolute Gasteiger partial charge is 0.259 e. The predicted molar refractivity (Wildman–Crippen MR) is 94.7 cm³/mol. The van der Waals surface area contributed by atoms with Gasteiger partial charge in [0.25, 0.3) is 5.89 Å². The number of aromatic nitrogens is 2. The first-order valence-corrected chi connectivity index (χ1v) is 8.18. The predicted octanol–water partition coefficient (Wildman–Crippen LogP) is 5.55. The third kappa shape index (κ3) is 3.55. The van der Waals surface area contributed by atoms with Gasteiger partial charge in [0.2, 0.25) is 5.82 Å². The van der Waals surface area contributed by atoms with E-state index in [4.69, 9.17) is 32.5 Å². The van der Waals surface area contributed by atoms with Crippen molar-refractivity contribution < 1.29 is 9.26 Å². The topological polar surface area (TPSA) is 48.2 Å². The number of nitrogens with zero attached hydrogens (tertiary/aromatic N) is 2. The Kier molecular flexibility index (Phi) is 4.78. The van der Waals surface area contributed by atoms with E-state index in [1.807, 2.05) is 19.9 Å². The van der Waals surface area contributed by atoms with Crippen molar-refractivity contribution in [1.29, 1.82) is 0 Å². The molecule has 6 heteroatoms. The molecule has 0 aliphatic heterocycles. The number of rotatable bonds is 4. The van der Waals surface area contributed by atoms with E-state index in [1.54, 1.807) is 18.2 Å². The van der Waals surface area contributed by atoms with E-state index in [1.165, 1.54) is 5.56 Å².